The summed E-state index contributed by atoms with van der Waals surface area (Å²) in [4.78, 5) is 12.6. The molecule has 0 radical (unpaired) electrons. The number of hydrogen-bond donors (Lipinski definition) is 2. The van der Waals surface area contributed by atoms with E-state index in [4.69, 9.17) is 5.73 Å². The molecular weight excluding hydrogens is 392 g/mol. The maximum absolute atomic E-state index is 12.6. The van der Waals surface area contributed by atoms with Gasteiger partial charge in [-0.2, -0.15) is 5.10 Å². The number of hydrogen-bond acceptors (Lipinski definition) is 3. The quantitative estimate of drug-likeness (QED) is 0.803. The predicted octanol–water partition coefficient (Wildman–Crippen LogP) is 3.82. The number of rotatable bonds is 3. The van der Waals surface area contributed by atoms with Gasteiger partial charge in [0.25, 0.3) is 0 Å². The Labute approximate surface area is 156 Å². The lowest BCUT2D eigenvalue weighted by atomic mass is 9.85. The minimum atomic E-state index is -0.00934. The van der Waals surface area contributed by atoms with E-state index in [1.165, 1.54) is 0 Å². The van der Waals surface area contributed by atoms with E-state index in [2.05, 4.69) is 26.3 Å². The van der Waals surface area contributed by atoms with Gasteiger partial charge in [0.05, 0.1) is 11.4 Å². The molecule has 3 rings (SSSR count). The molecule has 24 heavy (non-hydrogen) atoms. The van der Waals surface area contributed by atoms with Crippen molar-refractivity contribution in [3.8, 4) is 5.69 Å². The Morgan fingerprint density at radius 1 is 1.38 bits per heavy atom. The summed E-state index contributed by atoms with van der Waals surface area (Å²) < 4.78 is 2.74. The summed E-state index contributed by atoms with van der Waals surface area (Å²) in [5.74, 6) is 0.728. The number of nitrogens with two attached hydrogens (primary N) is 1. The van der Waals surface area contributed by atoms with E-state index >= 15 is 0 Å². The molecule has 2 atom stereocenters. The molecule has 3 N–H and O–H groups in total. The number of halogens is 2. The van der Waals surface area contributed by atoms with Gasteiger partial charge < -0.3 is 11.1 Å². The Balaban J connectivity index is 0.00000208. The number of amides is 1. The molecule has 1 amide bonds. The number of anilines is 1. The predicted molar refractivity (Wildman–Crippen MR) is 102 cm³/mol. The highest BCUT2D eigenvalue weighted by Crippen LogP contribution is 2.26. The summed E-state index contributed by atoms with van der Waals surface area (Å²) in [5.41, 5.74) is 7.76. The third-order valence-electron chi connectivity index (χ3n) is 4.22. The zero-order chi connectivity index (χ0) is 16.4. The molecule has 1 fully saturated rings. The lowest BCUT2D eigenvalue weighted by Crippen LogP contribution is -2.34. The van der Waals surface area contributed by atoms with Crippen LogP contribution in [-0.4, -0.2) is 21.7 Å². The first-order valence-corrected chi connectivity index (χ1v) is 8.71. The van der Waals surface area contributed by atoms with Gasteiger partial charge in [0.1, 0.15) is 5.82 Å². The van der Waals surface area contributed by atoms with Crippen LogP contribution >= 0.6 is 28.3 Å². The normalized spacial score (nSPS) is 20.3. The number of aryl methyl sites for hydroxylation is 1. The van der Waals surface area contributed by atoms with Gasteiger partial charge >= 0.3 is 0 Å². The fourth-order valence-electron chi connectivity index (χ4n) is 3.09. The maximum Gasteiger partial charge on any atom is 0.228 e. The number of carbonyl (C=O) groups is 1. The van der Waals surface area contributed by atoms with Crippen LogP contribution in [0.4, 0.5) is 5.82 Å². The molecule has 0 spiro atoms. The summed E-state index contributed by atoms with van der Waals surface area (Å²) in [6, 6.07) is 9.86. The lowest BCUT2D eigenvalue weighted by molar-refractivity contribution is -0.120. The minimum absolute atomic E-state index is 0. The highest BCUT2D eigenvalue weighted by atomic mass is 79.9. The van der Waals surface area contributed by atoms with E-state index in [0.717, 1.165) is 41.5 Å². The van der Waals surface area contributed by atoms with E-state index in [0.29, 0.717) is 5.82 Å². The van der Waals surface area contributed by atoms with Crippen molar-refractivity contribution in [3.05, 3.63) is 40.5 Å². The second-order valence-electron chi connectivity index (χ2n) is 6.18. The molecule has 1 saturated carbocycles. The molecular formula is C17H22BrClN4O. The highest BCUT2D eigenvalue weighted by Gasteiger charge is 2.26. The van der Waals surface area contributed by atoms with E-state index < -0.39 is 0 Å². The first kappa shape index (κ1) is 19.0. The van der Waals surface area contributed by atoms with Gasteiger partial charge in [-0.25, -0.2) is 4.68 Å². The average Bonchev–Trinajstić information content (AvgIpc) is 2.88. The van der Waals surface area contributed by atoms with Crippen LogP contribution in [0.15, 0.2) is 34.8 Å². The number of benzene rings is 1. The molecule has 2 unspecified atom stereocenters. The fourth-order valence-corrected chi connectivity index (χ4v) is 3.47. The second-order valence-corrected chi connectivity index (χ2v) is 7.09. The van der Waals surface area contributed by atoms with Gasteiger partial charge in [0.15, 0.2) is 0 Å². The zero-order valence-electron chi connectivity index (χ0n) is 13.5. The first-order chi connectivity index (χ1) is 11.0. The third-order valence-corrected chi connectivity index (χ3v) is 4.71. The van der Waals surface area contributed by atoms with Crippen molar-refractivity contribution < 1.29 is 4.79 Å². The van der Waals surface area contributed by atoms with Crippen LogP contribution in [0, 0.1) is 12.8 Å². The first-order valence-electron chi connectivity index (χ1n) is 7.92. The summed E-state index contributed by atoms with van der Waals surface area (Å²) in [7, 11) is 0. The number of nitrogens with one attached hydrogen (secondary N) is 1. The SMILES string of the molecule is Cc1cc(NC(=O)C2CCCC(N)C2)n(-c2cccc(Br)c2)n1.Cl. The van der Waals surface area contributed by atoms with Gasteiger partial charge in [-0.1, -0.05) is 28.4 Å². The lowest BCUT2D eigenvalue weighted by Gasteiger charge is -2.25. The Bertz CT molecular complexity index is 718. The van der Waals surface area contributed by atoms with E-state index in [1.807, 2.05) is 37.3 Å². The van der Waals surface area contributed by atoms with Crippen molar-refractivity contribution in [3.63, 3.8) is 0 Å². The van der Waals surface area contributed by atoms with Crippen LogP contribution < -0.4 is 11.1 Å². The number of aromatic nitrogens is 2. The van der Waals surface area contributed by atoms with Gasteiger partial charge in [-0.3, -0.25) is 4.79 Å². The molecule has 1 aromatic carbocycles. The van der Waals surface area contributed by atoms with Crippen molar-refractivity contribution in [1.29, 1.82) is 0 Å². The summed E-state index contributed by atoms with van der Waals surface area (Å²) in [6.45, 7) is 1.92. The summed E-state index contributed by atoms with van der Waals surface area (Å²) in [6.07, 6.45) is 3.70. The Morgan fingerprint density at radius 3 is 2.88 bits per heavy atom. The smallest absolute Gasteiger partial charge is 0.228 e. The second kappa shape index (κ2) is 8.14. The van der Waals surface area contributed by atoms with Crippen LogP contribution in [0.25, 0.3) is 5.69 Å². The molecule has 5 nitrogen and oxygen atoms in total. The molecule has 0 saturated heterocycles. The maximum atomic E-state index is 12.6. The van der Waals surface area contributed by atoms with Crippen molar-refractivity contribution in [2.45, 2.75) is 38.6 Å². The molecule has 1 aliphatic carbocycles. The Morgan fingerprint density at radius 2 is 2.17 bits per heavy atom. The van der Waals surface area contributed by atoms with Crippen molar-refractivity contribution in [1.82, 2.24) is 9.78 Å². The minimum Gasteiger partial charge on any atom is -0.328 e. The fraction of sp³-hybridized carbons (Fsp3) is 0.412. The van der Waals surface area contributed by atoms with Crippen LogP contribution in [0.5, 0.6) is 0 Å². The topological polar surface area (TPSA) is 72.9 Å². The highest BCUT2D eigenvalue weighted by molar-refractivity contribution is 9.10. The largest absolute Gasteiger partial charge is 0.328 e. The van der Waals surface area contributed by atoms with Crippen molar-refractivity contribution in [2.75, 3.05) is 5.32 Å². The molecule has 1 heterocycles. The molecule has 7 heteroatoms. The van der Waals surface area contributed by atoms with Gasteiger partial charge in [0.2, 0.25) is 5.91 Å². The van der Waals surface area contributed by atoms with Crippen LogP contribution in [-0.2, 0) is 4.79 Å². The standard InChI is InChI=1S/C17H21BrN4O.ClH/c1-11-8-16(20-17(23)12-4-2-6-14(19)9-12)22(21-11)15-7-3-5-13(18)10-15;/h3,5,7-8,10,12,14H,2,4,6,9,19H2,1H3,(H,20,23);1H. The van der Waals surface area contributed by atoms with E-state index in [-0.39, 0.29) is 30.3 Å². The van der Waals surface area contributed by atoms with Crippen LogP contribution in [0.1, 0.15) is 31.4 Å². The van der Waals surface area contributed by atoms with E-state index in [1.54, 1.807) is 4.68 Å². The van der Waals surface area contributed by atoms with Crippen LogP contribution in [0.2, 0.25) is 0 Å². The van der Waals surface area contributed by atoms with Gasteiger partial charge in [-0.15, -0.1) is 12.4 Å². The van der Waals surface area contributed by atoms with Crippen molar-refractivity contribution in [2.24, 2.45) is 11.7 Å². The molecule has 1 aliphatic rings. The molecule has 1 aromatic heterocycles. The molecule has 0 bridgehead atoms. The number of carbonyl (C=O) groups excluding carboxylic acids is 1. The molecule has 0 aliphatic heterocycles. The van der Waals surface area contributed by atoms with Gasteiger partial charge in [-0.05, 0) is 44.4 Å². The van der Waals surface area contributed by atoms with E-state index in [9.17, 15) is 4.79 Å². The zero-order valence-corrected chi connectivity index (χ0v) is 15.9. The number of nitrogens with zero attached hydrogens (tertiary/aromatic N) is 2. The third kappa shape index (κ3) is 4.37. The van der Waals surface area contributed by atoms with Crippen molar-refractivity contribution >= 4 is 40.1 Å². The summed E-state index contributed by atoms with van der Waals surface area (Å²) >= 11 is 3.47. The monoisotopic (exact) mass is 412 g/mol. The van der Waals surface area contributed by atoms with Crippen LogP contribution in [0.3, 0.4) is 0 Å². The molecule has 130 valence electrons. The Kier molecular flexibility index (Phi) is 6.43. The molecule has 2 aromatic rings. The summed E-state index contributed by atoms with van der Waals surface area (Å²) in [5, 5.41) is 7.52. The Hall–Kier alpha value is -1.37. The van der Waals surface area contributed by atoms with Gasteiger partial charge in [0, 0.05) is 22.5 Å². The average molecular weight is 414 g/mol.